The van der Waals surface area contributed by atoms with Gasteiger partial charge in [0, 0.05) is 23.8 Å². The van der Waals surface area contributed by atoms with Crippen LogP contribution >= 0.6 is 11.8 Å². The van der Waals surface area contributed by atoms with Gasteiger partial charge in [-0.2, -0.15) is 0 Å². The van der Waals surface area contributed by atoms with E-state index in [1.807, 2.05) is 25.1 Å². The minimum absolute atomic E-state index is 0.143. The average Bonchev–Trinajstić information content (AvgIpc) is 2.87. The number of rotatable bonds is 4. The van der Waals surface area contributed by atoms with Gasteiger partial charge in [0.05, 0.1) is 5.75 Å². The summed E-state index contributed by atoms with van der Waals surface area (Å²) in [5.74, 6) is -0.596. The number of aromatic nitrogens is 1. The molecule has 5 nitrogen and oxygen atoms in total. The first-order valence-electron chi connectivity index (χ1n) is 6.42. The van der Waals surface area contributed by atoms with Crippen LogP contribution in [0.2, 0.25) is 0 Å². The van der Waals surface area contributed by atoms with E-state index in [-0.39, 0.29) is 11.7 Å². The molecule has 21 heavy (non-hydrogen) atoms. The van der Waals surface area contributed by atoms with Gasteiger partial charge in [0.2, 0.25) is 5.91 Å². The number of aryl methyl sites for hydroxylation is 2. The fraction of sp³-hybridized carbons (Fsp3) is 0.200. The standard InChI is InChI=1S/C15H17N3O2S/c1-10-5-3-7-12(14(10)16)21-9-13(19)17-15(20)11-6-4-8-18(11)2/h3-8H,9,16H2,1-2H3,(H,17,19,20). The Morgan fingerprint density at radius 1 is 1.29 bits per heavy atom. The van der Waals surface area contributed by atoms with Crippen LogP contribution in [-0.2, 0) is 11.8 Å². The Labute approximate surface area is 127 Å². The molecule has 1 aromatic heterocycles. The van der Waals surface area contributed by atoms with Crippen LogP contribution < -0.4 is 11.1 Å². The first-order valence-corrected chi connectivity index (χ1v) is 7.41. The Bertz CT molecular complexity index is 679. The van der Waals surface area contributed by atoms with E-state index < -0.39 is 5.91 Å². The molecular weight excluding hydrogens is 286 g/mol. The molecule has 2 rings (SSSR count). The van der Waals surface area contributed by atoms with E-state index in [1.165, 1.54) is 11.8 Å². The number of anilines is 1. The number of imide groups is 1. The second kappa shape index (κ2) is 6.49. The van der Waals surface area contributed by atoms with E-state index >= 15 is 0 Å². The zero-order valence-electron chi connectivity index (χ0n) is 11.9. The van der Waals surface area contributed by atoms with E-state index in [9.17, 15) is 9.59 Å². The molecule has 0 radical (unpaired) electrons. The van der Waals surface area contributed by atoms with Gasteiger partial charge in [-0.1, -0.05) is 12.1 Å². The molecule has 0 aliphatic heterocycles. The smallest absolute Gasteiger partial charge is 0.274 e. The number of nitrogens with two attached hydrogens (primary N) is 1. The topological polar surface area (TPSA) is 77.1 Å². The number of hydrogen-bond donors (Lipinski definition) is 2. The lowest BCUT2D eigenvalue weighted by molar-refractivity contribution is -0.117. The number of thioether (sulfide) groups is 1. The van der Waals surface area contributed by atoms with E-state index in [1.54, 1.807) is 29.9 Å². The third-order valence-corrected chi connectivity index (χ3v) is 4.15. The van der Waals surface area contributed by atoms with Crippen LogP contribution in [0.4, 0.5) is 5.69 Å². The maximum atomic E-state index is 11.9. The number of carbonyl (C=O) groups is 2. The highest BCUT2D eigenvalue weighted by molar-refractivity contribution is 8.00. The lowest BCUT2D eigenvalue weighted by Crippen LogP contribution is -2.32. The molecule has 2 aromatic rings. The molecule has 0 unspecified atom stereocenters. The van der Waals surface area contributed by atoms with Crippen molar-refractivity contribution >= 4 is 29.3 Å². The van der Waals surface area contributed by atoms with Crippen LogP contribution in [-0.4, -0.2) is 22.1 Å². The number of carbonyl (C=O) groups excluding carboxylic acids is 2. The Morgan fingerprint density at radius 2 is 2.05 bits per heavy atom. The lowest BCUT2D eigenvalue weighted by Gasteiger charge is -2.08. The predicted octanol–water partition coefficient (Wildman–Crippen LogP) is 1.96. The molecule has 0 fully saturated rings. The molecule has 0 saturated heterocycles. The molecule has 0 atom stereocenters. The van der Waals surface area contributed by atoms with Gasteiger partial charge in [-0.05, 0) is 30.7 Å². The lowest BCUT2D eigenvalue weighted by atomic mass is 10.2. The van der Waals surface area contributed by atoms with Gasteiger partial charge < -0.3 is 10.3 Å². The average molecular weight is 303 g/mol. The fourth-order valence-corrected chi connectivity index (χ4v) is 2.70. The maximum Gasteiger partial charge on any atom is 0.274 e. The van der Waals surface area contributed by atoms with E-state index in [0.29, 0.717) is 11.4 Å². The largest absolute Gasteiger partial charge is 0.398 e. The third-order valence-electron chi connectivity index (χ3n) is 3.07. The van der Waals surface area contributed by atoms with Crippen molar-refractivity contribution in [3.05, 3.63) is 47.8 Å². The molecule has 3 N–H and O–H groups in total. The van der Waals surface area contributed by atoms with Crippen LogP contribution in [0.5, 0.6) is 0 Å². The van der Waals surface area contributed by atoms with Gasteiger partial charge in [-0.25, -0.2) is 0 Å². The summed E-state index contributed by atoms with van der Waals surface area (Å²) in [4.78, 5) is 24.6. The minimum atomic E-state index is -0.398. The summed E-state index contributed by atoms with van der Waals surface area (Å²) in [7, 11) is 1.75. The van der Waals surface area contributed by atoms with Crippen molar-refractivity contribution in [2.45, 2.75) is 11.8 Å². The number of benzene rings is 1. The molecule has 0 bridgehead atoms. The second-order valence-corrected chi connectivity index (χ2v) is 5.67. The molecule has 0 aliphatic rings. The Hall–Kier alpha value is -2.21. The molecule has 6 heteroatoms. The molecule has 0 spiro atoms. The molecule has 2 amide bonds. The molecule has 0 saturated carbocycles. The van der Waals surface area contributed by atoms with Crippen LogP contribution in [0.15, 0.2) is 41.4 Å². The highest BCUT2D eigenvalue weighted by atomic mass is 32.2. The van der Waals surface area contributed by atoms with Crippen molar-refractivity contribution in [2.24, 2.45) is 7.05 Å². The highest BCUT2D eigenvalue weighted by Crippen LogP contribution is 2.27. The minimum Gasteiger partial charge on any atom is -0.398 e. The van der Waals surface area contributed by atoms with Crippen molar-refractivity contribution in [3.8, 4) is 0 Å². The molecule has 0 aliphatic carbocycles. The summed E-state index contributed by atoms with van der Waals surface area (Å²) < 4.78 is 1.66. The van der Waals surface area contributed by atoms with Crippen LogP contribution in [0.1, 0.15) is 16.1 Å². The summed E-state index contributed by atoms with van der Waals surface area (Å²) in [5, 5.41) is 2.37. The van der Waals surface area contributed by atoms with Gasteiger partial charge in [0.15, 0.2) is 0 Å². The SMILES string of the molecule is Cc1cccc(SCC(=O)NC(=O)c2cccn2C)c1N. The molecule has 1 aromatic carbocycles. The highest BCUT2D eigenvalue weighted by Gasteiger charge is 2.13. The van der Waals surface area contributed by atoms with Gasteiger partial charge in [-0.15, -0.1) is 11.8 Å². The summed E-state index contributed by atoms with van der Waals surface area (Å²) in [6, 6.07) is 9.08. The van der Waals surface area contributed by atoms with Gasteiger partial charge in [-0.3, -0.25) is 14.9 Å². The molecule has 110 valence electrons. The number of para-hydroxylation sites is 1. The Balaban J connectivity index is 1.92. The maximum absolute atomic E-state index is 11.9. The van der Waals surface area contributed by atoms with E-state index in [4.69, 9.17) is 5.73 Å². The number of nitrogen functional groups attached to an aromatic ring is 1. The Morgan fingerprint density at radius 3 is 2.71 bits per heavy atom. The fourth-order valence-electron chi connectivity index (χ4n) is 1.85. The second-order valence-electron chi connectivity index (χ2n) is 4.66. The number of nitrogens with one attached hydrogen (secondary N) is 1. The van der Waals surface area contributed by atoms with Crippen LogP contribution in [0.25, 0.3) is 0 Å². The van der Waals surface area contributed by atoms with Crippen molar-refractivity contribution in [1.29, 1.82) is 0 Å². The normalized spacial score (nSPS) is 10.4. The van der Waals surface area contributed by atoms with Gasteiger partial charge >= 0.3 is 0 Å². The number of nitrogens with zero attached hydrogens (tertiary/aromatic N) is 1. The van der Waals surface area contributed by atoms with Gasteiger partial charge in [0.25, 0.3) is 5.91 Å². The quantitative estimate of drug-likeness (QED) is 0.668. The van der Waals surface area contributed by atoms with E-state index in [2.05, 4.69) is 5.32 Å². The number of amides is 2. The Kier molecular flexibility index (Phi) is 4.70. The van der Waals surface area contributed by atoms with Crippen molar-refractivity contribution in [3.63, 3.8) is 0 Å². The van der Waals surface area contributed by atoms with Crippen molar-refractivity contribution in [1.82, 2.24) is 9.88 Å². The monoisotopic (exact) mass is 303 g/mol. The summed E-state index contributed by atoms with van der Waals surface area (Å²) in [5.41, 5.74) is 8.03. The van der Waals surface area contributed by atoms with Gasteiger partial charge in [0.1, 0.15) is 5.69 Å². The van der Waals surface area contributed by atoms with Crippen LogP contribution in [0, 0.1) is 6.92 Å². The van der Waals surface area contributed by atoms with Crippen molar-refractivity contribution in [2.75, 3.05) is 11.5 Å². The van der Waals surface area contributed by atoms with E-state index in [0.717, 1.165) is 10.5 Å². The zero-order chi connectivity index (χ0) is 15.4. The summed E-state index contributed by atoms with van der Waals surface area (Å²) in [6.07, 6.45) is 1.75. The summed E-state index contributed by atoms with van der Waals surface area (Å²) in [6.45, 7) is 1.92. The first kappa shape index (κ1) is 15.2. The third kappa shape index (κ3) is 3.66. The predicted molar refractivity (Wildman–Crippen MR) is 84.2 cm³/mol. The number of hydrogen-bond acceptors (Lipinski definition) is 4. The summed E-state index contributed by atoms with van der Waals surface area (Å²) >= 11 is 1.32. The van der Waals surface area contributed by atoms with Crippen molar-refractivity contribution < 1.29 is 9.59 Å². The van der Waals surface area contributed by atoms with Crippen LogP contribution in [0.3, 0.4) is 0 Å². The molecular formula is C15H17N3O2S. The zero-order valence-corrected chi connectivity index (χ0v) is 12.7. The first-order chi connectivity index (χ1) is 9.99. The molecule has 1 heterocycles.